The third kappa shape index (κ3) is 3.18. The van der Waals surface area contributed by atoms with E-state index in [0.29, 0.717) is 18.2 Å². The summed E-state index contributed by atoms with van der Waals surface area (Å²) in [7, 11) is 0. The first-order valence-corrected chi connectivity index (χ1v) is 4.92. The van der Waals surface area contributed by atoms with Crippen molar-refractivity contribution in [1.82, 2.24) is 9.97 Å². The highest BCUT2D eigenvalue weighted by atomic mass is 15.1. The van der Waals surface area contributed by atoms with Crippen molar-refractivity contribution < 1.29 is 0 Å². The molecule has 0 spiro atoms. The van der Waals surface area contributed by atoms with E-state index >= 15 is 0 Å². The molecule has 5 heteroatoms. The molecule has 0 saturated carbocycles. The van der Waals surface area contributed by atoms with Crippen molar-refractivity contribution in [3.05, 3.63) is 17.5 Å². The molecule has 0 bridgehead atoms. The second-order valence-electron chi connectivity index (χ2n) is 3.32. The number of hydrogen-bond acceptors (Lipinski definition) is 5. The number of rotatable bonds is 4. The monoisotopic (exact) mass is 205 g/mol. The van der Waals surface area contributed by atoms with Gasteiger partial charge in [0.1, 0.15) is 11.8 Å². The first-order valence-electron chi connectivity index (χ1n) is 4.92. The second-order valence-corrected chi connectivity index (χ2v) is 3.32. The van der Waals surface area contributed by atoms with E-state index in [2.05, 4.69) is 15.3 Å². The first-order chi connectivity index (χ1) is 7.19. The number of aromatic nitrogens is 2. The van der Waals surface area contributed by atoms with Crippen LogP contribution in [0.3, 0.4) is 0 Å². The Kier molecular flexibility index (Phi) is 4.01. The van der Waals surface area contributed by atoms with E-state index in [9.17, 15) is 0 Å². The summed E-state index contributed by atoms with van der Waals surface area (Å²) in [5.41, 5.74) is 6.70. The lowest BCUT2D eigenvalue weighted by atomic mass is 10.2. The topological polar surface area (TPSA) is 87.6 Å². The molecular weight excluding hydrogens is 190 g/mol. The van der Waals surface area contributed by atoms with Crippen molar-refractivity contribution in [3.8, 4) is 6.07 Å². The molecule has 1 unspecified atom stereocenters. The Labute approximate surface area is 89.3 Å². The number of nitrogens with zero attached hydrogens (tertiary/aromatic N) is 3. The smallest absolute Gasteiger partial charge is 0.224 e. The first kappa shape index (κ1) is 11.4. The van der Waals surface area contributed by atoms with E-state index in [-0.39, 0.29) is 6.04 Å². The van der Waals surface area contributed by atoms with Gasteiger partial charge >= 0.3 is 0 Å². The van der Waals surface area contributed by atoms with Gasteiger partial charge in [-0.2, -0.15) is 5.26 Å². The average Bonchev–Trinajstić information content (AvgIpc) is 2.25. The van der Waals surface area contributed by atoms with Crippen molar-refractivity contribution >= 4 is 5.95 Å². The predicted molar refractivity (Wildman–Crippen MR) is 58.2 cm³/mol. The highest BCUT2D eigenvalue weighted by Gasteiger charge is 2.06. The molecule has 0 aliphatic heterocycles. The third-order valence-electron chi connectivity index (χ3n) is 2.08. The van der Waals surface area contributed by atoms with Crippen LogP contribution >= 0.6 is 0 Å². The summed E-state index contributed by atoms with van der Waals surface area (Å²) in [6.45, 7) is 4.39. The molecule has 1 aromatic heterocycles. The predicted octanol–water partition coefficient (Wildman–Crippen LogP) is 0.806. The minimum Gasteiger partial charge on any atom is -0.350 e. The van der Waals surface area contributed by atoms with Crippen LogP contribution < -0.4 is 11.1 Å². The van der Waals surface area contributed by atoms with Gasteiger partial charge in [-0.25, -0.2) is 9.97 Å². The Morgan fingerprint density at radius 3 is 2.87 bits per heavy atom. The van der Waals surface area contributed by atoms with Crippen LogP contribution in [0.5, 0.6) is 0 Å². The summed E-state index contributed by atoms with van der Waals surface area (Å²) < 4.78 is 0. The maximum atomic E-state index is 8.74. The minimum absolute atomic E-state index is 0.151. The standard InChI is InChI=1S/C10H15N5/c1-3-8(5-11)14-10-13-7(2)4-9(6-12)15-10/h4,8H,3,5,11H2,1-2H3,(H,13,14,15). The lowest BCUT2D eigenvalue weighted by Gasteiger charge is -2.14. The quantitative estimate of drug-likeness (QED) is 0.759. The molecule has 15 heavy (non-hydrogen) atoms. The zero-order valence-electron chi connectivity index (χ0n) is 8.99. The number of nitrogens with one attached hydrogen (secondary N) is 1. The SMILES string of the molecule is CCC(CN)Nc1nc(C)cc(C#N)n1. The molecule has 0 radical (unpaired) electrons. The van der Waals surface area contributed by atoms with Crippen LogP contribution in [-0.4, -0.2) is 22.6 Å². The highest BCUT2D eigenvalue weighted by molar-refractivity contribution is 5.33. The minimum atomic E-state index is 0.151. The molecule has 1 rings (SSSR count). The lowest BCUT2D eigenvalue weighted by Crippen LogP contribution is -2.29. The van der Waals surface area contributed by atoms with E-state index < -0.39 is 0 Å². The van der Waals surface area contributed by atoms with Crippen LogP contribution in [0.1, 0.15) is 24.7 Å². The fraction of sp³-hybridized carbons (Fsp3) is 0.500. The lowest BCUT2D eigenvalue weighted by molar-refractivity contribution is 0.694. The fourth-order valence-corrected chi connectivity index (χ4v) is 1.20. The van der Waals surface area contributed by atoms with E-state index in [0.717, 1.165) is 12.1 Å². The van der Waals surface area contributed by atoms with E-state index in [1.165, 1.54) is 0 Å². The van der Waals surface area contributed by atoms with Crippen LogP contribution in [0.4, 0.5) is 5.95 Å². The molecule has 80 valence electrons. The van der Waals surface area contributed by atoms with E-state index in [4.69, 9.17) is 11.0 Å². The average molecular weight is 205 g/mol. The zero-order chi connectivity index (χ0) is 11.3. The molecule has 1 heterocycles. The zero-order valence-corrected chi connectivity index (χ0v) is 8.99. The Hall–Kier alpha value is -1.67. The second kappa shape index (κ2) is 5.27. The van der Waals surface area contributed by atoms with Gasteiger partial charge in [-0.05, 0) is 19.4 Å². The summed E-state index contributed by atoms with van der Waals surface area (Å²) >= 11 is 0. The summed E-state index contributed by atoms with van der Waals surface area (Å²) in [4.78, 5) is 8.24. The molecule has 0 aromatic carbocycles. The Morgan fingerprint density at radius 2 is 2.33 bits per heavy atom. The van der Waals surface area contributed by atoms with Gasteiger partial charge in [0, 0.05) is 18.3 Å². The Bertz CT molecular complexity index is 365. The van der Waals surface area contributed by atoms with Gasteiger partial charge in [0.2, 0.25) is 5.95 Å². The van der Waals surface area contributed by atoms with Gasteiger partial charge in [-0.15, -0.1) is 0 Å². The van der Waals surface area contributed by atoms with Crippen LogP contribution in [-0.2, 0) is 0 Å². The summed E-state index contributed by atoms with van der Waals surface area (Å²) in [5.74, 6) is 0.476. The molecule has 0 aliphatic carbocycles. The van der Waals surface area contributed by atoms with Gasteiger partial charge in [0.15, 0.2) is 0 Å². The summed E-state index contributed by atoms with van der Waals surface area (Å²) in [5, 5.41) is 11.8. The number of nitriles is 1. The molecule has 3 N–H and O–H groups in total. The van der Waals surface area contributed by atoms with Crippen molar-refractivity contribution in [3.63, 3.8) is 0 Å². The van der Waals surface area contributed by atoms with Gasteiger partial charge in [0.25, 0.3) is 0 Å². The van der Waals surface area contributed by atoms with Gasteiger partial charge in [0.05, 0.1) is 0 Å². The van der Waals surface area contributed by atoms with E-state index in [1.54, 1.807) is 6.07 Å². The number of aryl methyl sites for hydroxylation is 1. The van der Waals surface area contributed by atoms with Crippen LogP contribution in [0, 0.1) is 18.3 Å². The molecular formula is C10H15N5. The van der Waals surface area contributed by atoms with Gasteiger partial charge in [-0.1, -0.05) is 6.92 Å². The molecule has 0 saturated heterocycles. The number of hydrogen-bond donors (Lipinski definition) is 2. The van der Waals surface area contributed by atoms with Crippen molar-refractivity contribution in [2.24, 2.45) is 5.73 Å². The maximum Gasteiger partial charge on any atom is 0.224 e. The Morgan fingerprint density at radius 1 is 1.60 bits per heavy atom. The Balaban J connectivity index is 2.85. The fourth-order valence-electron chi connectivity index (χ4n) is 1.20. The molecule has 1 atom stereocenters. The summed E-state index contributed by atoms with van der Waals surface area (Å²) in [6.07, 6.45) is 0.899. The van der Waals surface area contributed by atoms with Crippen LogP contribution in [0.2, 0.25) is 0 Å². The number of nitrogens with two attached hydrogens (primary N) is 1. The van der Waals surface area contributed by atoms with Crippen molar-refractivity contribution in [1.29, 1.82) is 5.26 Å². The highest BCUT2D eigenvalue weighted by Crippen LogP contribution is 2.06. The van der Waals surface area contributed by atoms with E-state index in [1.807, 2.05) is 19.9 Å². The molecule has 0 amide bonds. The summed E-state index contributed by atoms with van der Waals surface area (Å²) in [6, 6.07) is 3.79. The molecule has 0 fully saturated rings. The van der Waals surface area contributed by atoms with Gasteiger partial charge in [-0.3, -0.25) is 0 Å². The molecule has 0 aliphatic rings. The van der Waals surface area contributed by atoms with Crippen LogP contribution in [0.15, 0.2) is 6.07 Å². The largest absolute Gasteiger partial charge is 0.350 e. The molecule has 1 aromatic rings. The van der Waals surface area contributed by atoms with Crippen molar-refractivity contribution in [2.45, 2.75) is 26.3 Å². The maximum absolute atomic E-state index is 8.74. The normalized spacial score (nSPS) is 11.9. The van der Waals surface area contributed by atoms with Gasteiger partial charge < -0.3 is 11.1 Å². The number of anilines is 1. The van der Waals surface area contributed by atoms with Crippen molar-refractivity contribution in [2.75, 3.05) is 11.9 Å². The van der Waals surface area contributed by atoms with Crippen LogP contribution in [0.25, 0.3) is 0 Å². The molecule has 5 nitrogen and oxygen atoms in total. The third-order valence-corrected chi connectivity index (χ3v) is 2.08.